The number of pyridine rings is 1. The van der Waals surface area contributed by atoms with Gasteiger partial charge in [0, 0.05) is 23.7 Å². The summed E-state index contributed by atoms with van der Waals surface area (Å²) in [5, 5.41) is 7.10. The van der Waals surface area contributed by atoms with Gasteiger partial charge in [0.05, 0.1) is 11.1 Å². The van der Waals surface area contributed by atoms with E-state index in [2.05, 4.69) is 15.7 Å². The highest BCUT2D eigenvalue weighted by Gasteiger charge is 2.51. The lowest BCUT2D eigenvalue weighted by atomic mass is 9.95. The van der Waals surface area contributed by atoms with Crippen LogP contribution in [0.3, 0.4) is 0 Å². The van der Waals surface area contributed by atoms with Crippen LogP contribution < -0.4 is 5.32 Å². The summed E-state index contributed by atoms with van der Waals surface area (Å²) in [6.45, 7) is 0.460. The van der Waals surface area contributed by atoms with E-state index in [1.807, 2.05) is 23.6 Å². The van der Waals surface area contributed by atoms with E-state index >= 15 is 0 Å². The Kier molecular flexibility index (Phi) is 4.09. The Hall–Kier alpha value is -2.53. The van der Waals surface area contributed by atoms with Crippen molar-refractivity contribution in [3.63, 3.8) is 0 Å². The van der Waals surface area contributed by atoms with Crippen molar-refractivity contribution in [1.82, 2.24) is 10.3 Å². The lowest BCUT2D eigenvalue weighted by Gasteiger charge is -2.16. The van der Waals surface area contributed by atoms with E-state index in [4.69, 9.17) is 0 Å². The molecule has 0 saturated heterocycles. The van der Waals surface area contributed by atoms with Gasteiger partial charge in [0.2, 0.25) is 5.91 Å². The Morgan fingerprint density at radius 3 is 2.68 bits per heavy atom. The van der Waals surface area contributed by atoms with Crippen LogP contribution in [0.1, 0.15) is 24.0 Å². The molecular weight excluding hydrogens is 335 g/mol. The molecule has 2 aromatic heterocycles. The molecule has 0 unspecified atom stereocenters. The third-order valence-electron chi connectivity index (χ3n) is 4.68. The fourth-order valence-corrected chi connectivity index (χ4v) is 3.69. The molecule has 0 spiro atoms. The van der Waals surface area contributed by atoms with E-state index in [0.717, 1.165) is 35.2 Å². The highest BCUT2D eigenvalue weighted by Crippen LogP contribution is 2.48. The normalized spacial score (nSPS) is 14.9. The molecule has 1 fully saturated rings. The number of aromatic nitrogens is 1. The molecule has 25 heavy (non-hydrogen) atoms. The third-order valence-corrected chi connectivity index (χ3v) is 5.36. The minimum absolute atomic E-state index is 0.00741. The Bertz CT molecular complexity index is 886. The van der Waals surface area contributed by atoms with Crippen LogP contribution in [0.5, 0.6) is 0 Å². The summed E-state index contributed by atoms with van der Waals surface area (Å²) in [4.78, 5) is 17.1. The molecule has 0 bridgehead atoms. The number of hydrogen-bond acceptors (Lipinski definition) is 3. The molecule has 0 aliphatic heterocycles. The van der Waals surface area contributed by atoms with Crippen LogP contribution in [0.2, 0.25) is 0 Å². The second kappa shape index (κ2) is 6.41. The van der Waals surface area contributed by atoms with Gasteiger partial charge in [-0.15, -0.1) is 0 Å². The smallest absolute Gasteiger partial charge is 0.230 e. The second-order valence-corrected chi connectivity index (χ2v) is 7.11. The van der Waals surface area contributed by atoms with Crippen LogP contribution in [0, 0.1) is 5.82 Å². The van der Waals surface area contributed by atoms with Gasteiger partial charge < -0.3 is 5.32 Å². The number of nitrogens with one attached hydrogen (secondary N) is 1. The highest BCUT2D eigenvalue weighted by molar-refractivity contribution is 7.08. The maximum Gasteiger partial charge on any atom is 0.230 e. The van der Waals surface area contributed by atoms with Gasteiger partial charge in [0.25, 0.3) is 0 Å². The summed E-state index contributed by atoms with van der Waals surface area (Å²) < 4.78 is 13.1. The molecule has 4 rings (SSSR count). The summed E-state index contributed by atoms with van der Waals surface area (Å²) >= 11 is 1.63. The van der Waals surface area contributed by atoms with Crippen molar-refractivity contribution in [2.24, 2.45) is 0 Å². The summed E-state index contributed by atoms with van der Waals surface area (Å²) in [6, 6.07) is 12.2. The van der Waals surface area contributed by atoms with Crippen LogP contribution in [0.15, 0.2) is 59.4 Å². The Morgan fingerprint density at radius 1 is 1.20 bits per heavy atom. The van der Waals surface area contributed by atoms with E-state index in [1.54, 1.807) is 29.7 Å². The zero-order chi connectivity index (χ0) is 17.3. The predicted molar refractivity (Wildman–Crippen MR) is 96.7 cm³/mol. The lowest BCUT2D eigenvalue weighted by molar-refractivity contribution is -0.123. The molecular formula is C20H17FN2OS. The van der Waals surface area contributed by atoms with Gasteiger partial charge in [-0.25, -0.2) is 4.39 Å². The quantitative estimate of drug-likeness (QED) is 0.744. The number of carbonyl (C=O) groups excluding carboxylic acids is 1. The minimum Gasteiger partial charge on any atom is -0.351 e. The first-order valence-corrected chi connectivity index (χ1v) is 9.13. The summed E-state index contributed by atoms with van der Waals surface area (Å²) in [5.41, 5.74) is 3.41. The van der Waals surface area contributed by atoms with E-state index < -0.39 is 5.41 Å². The fraction of sp³-hybridized carbons (Fsp3) is 0.200. The van der Waals surface area contributed by atoms with Crippen LogP contribution in [0.4, 0.5) is 4.39 Å². The summed E-state index contributed by atoms with van der Waals surface area (Å²) in [5.74, 6) is -0.272. The molecule has 3 aromatic rings. The van der Waals surface area contributed by atoms with Crippen molar-refractivity contribution in [2.45, 2.75) is 24.8 Å². The number of thiophene rings is 1. The van der Waals surface area contributed by atoms with Gasteiger partial charge in [0.15, 0.2) is 0 Å². The first kappa shape index (κ1) is 16.0. The molecule has 0 atom stereocenters. The Morgan fingerprint density at radius 2 is 2.00 bits per heavy atom. The summed E-state index contributed by atoms with van der Waals surface area (Å²) in [7, 11) is 0. The van der Waals surface area contributed by atoms with E-state index in [-0.39, 0.29) is 11.7 Å². The highest BCUT2D eigenvalue weighted by atomic mass is 32.1. The van der Waals surface area contributed by atoms with E-state index in [1.165, 1.54) is 12.1 Å². The van der Waals surface area contributed by atoms with Gasteiger partial charge in [-0.3, -0.25) is 9.78 Å². The van der Waals surface area contributed by atoms with E-state index in [9.17, 15) is 9.18 Å². The summed E-state index contributed by atoms with van der Waals surface area (Å²) in [6.07, 6.45) is 3.38. The maximum atomic E-state index is 13.1. The average molecular weight is 352 g/mol. The van der Waals surface area contributed by atoms with Crippen molar-refractivity contribution in [1.29, 1.82) is 0 Å². The lowest BCUT2D eigenvalue weighted by Crippen LogP contribution is -2.34. The standard InChI is InChI=1S/C20H17FN2OS/c21-17-3-1-16(2-4-17)20(7-8-20)19(24)23-12-14-5-9-22-18(11-14)15-6-10-25-13-15/h1-6,9-11,13H,7-8,12H2,(H,23,24). The van der Waals surface area contributed by atoms with E-state index in [0.29, 0.717) is 6.54 Å². The SMILES string of the molecule is O=C(NCc1ccnc(-c2ccsc2)c1)C1(c2ccc(F)cc2)CC1. The van der Waals surface area contributed by atoms with Gasteiger partial charge >= 0.3 is 0 Å². The molecule has 1 aliphatic rings. The van der Waals surface area contributed by atoms with Gasteiger partial charge in [-0.2, -0.15) is 11.3 Å². The Labute approximate surface area is 149 Å². The third kappa shape index (κ3) is 3.20. The minimum atomic E-state index is -0.489. The van der Waals surface area contributed by atoms with Crippen molar-refractivity contribution in [3.05, 3.63) is 76.4 Å². The number of halogens is 1. The van der Waals surface area contributed by atoms with Crippen molar-refractivity contribution < 1.29 is 9.18 Å². The second-order valence-electron chi connectivity index (χ2n) is 6.33. The average Bonchev–Trinajstić information content (AvgIpc) is 3.26. The molecule has 1 saturated carbocycles. The molecule has 1 N–H and O–H groups in total. The van der Waals surface area contributed by atoms with Crippen molar-refractivity contribution in [3.8, 4) is 11.3 Å². The monoisotopic (exact) mass is 352 g/mol. The van der Waals surface area contributed by atoms with Crippen LogP contribution in [-0.4, -0.2) is 10.9 Å². The zero-order valence-corrected chi connectivity index (χ0v) is 14.4. The Balaban J connectivity index is 1.46. The number of nitrogens with zero attached hydrogens (tertiary/aromatic N) is 1. The van der Waals surface area contributed by atoms with Crippen LogP contribution in [-0.2, 0) is 16.8 Å². The van der Waals surface area contributed by atoms with Gasteiger partial charge in [-0.05, 0) is 59.7 Å². The van der Waals surface area contributed by atoms with Gasteiger partial charge in [-0.1, -0.05) is 12.1 Å². The van der Waals surface area contributed by atoms with Crippen LogP contribution >= 0.6 is 11.3 Å². The van der Waals surface area contributed by atoms with Crippen molar-refractivity contribution in [2.75, 3.05) is 0 Å². The number of hydrogen-bond donors (Lipinski definition) is 1. The number of amides is 1. The number of rotatable bonds is 5. The topological polar surface area (TPSA) is 42.0 Å². The first-order chi connectivity index (χ1) is 12.2. The molecule has 3 nitrogen and oxygen atoms in total. The molecule has 126 valence electrons. The maximum absolute atomic E-state index is 13.1. The first-order valence-electron chi connectivity index (χ1n) is 8.19. The molecule has 1 aromatic carbocycles. The van der Waals surface area contributed by atoms with Crippen molar-refractivity contribution >= 4 is 17.2 Å². The van der Waals surface area contributed by atoms with Crippen LogP contribution in [0.25, 0.3) is 11.3 Å². The largest absolute Gasteiger partial charge is 0.351 e. The fourth-order valence-electron chi connectivity index (χ4n) is 3.04. The molecule has 1 amide bonds. The molecule has 5 heteroatoms. The molecule has 1 aliphatic carbocycles. The molecule has 0 radical (unpaired) electrons. The number of benzene rings is 1. The number of carbonyl (C=O) groups is 1. The zero-order valence-electron chi connectivity index (χ0n) is 13.5. The molecule has 2 heterocycles. The van der Waals surface area contributed by atoms with Gasteiger partial charge in [0.1, 0.15) is 5.82 Å². The predicted octanol–water partition coefficient (Wildman–Crippen LogP) is 4.30.